The van der Waals surface area contributed by atoms with Crippen molar-refractivity contribution >= 4 is 12.4 Å². The van der Waals surface area contributed by atoms with Crippen molar-refractivity contribution < 1.29 is 18.0 Å². The van der Waals surface area contributed by atoms with Gasteiger partial charge in [-0.15, -0.1) is 0 Å². The summed E-state index contributed by atoms with van der Waals surface area (Å²) in [4.78, 5) is 9.86. The lowest BCUT2D eigenvalue weighted by molar-refractivity contribution is -0.104. The van der Waals surface area contributed by atoms with Crippen LogP contribution < -0.4 is 0 Å². The maximum atomic E-state index is 12.8. The topological polar surface area (TPSA) is 17.1 Å². The predicted octanol–water partition coefficient (Wildman–Crippen LogP) is 2.32. The molecule has 1 rings (SSSR count). The van der Waals surface area contributed by atoms with Crippen molar-refractivity contribution in [3.63, 3.8) is 0 Å². The highest BCUT2D eigenvalue weighted by molar-refractivity contribution is 5.74. The number of carbonyl (C=O) groups excluding carboxylic acids is 1. The molecule has 0 unspecified atom stereocenters. The van der Waals surface area contributed by atoms with E-state index in [0.717, 1.165) is 18.2 Å². The van der Waals surface area contributed by atoms with E-state index in [1.54, 1.807) is 0 Å². The van der Waals surface area contributed by atoms with Crippen molar-refractivity contribution in [2.24, 2.45) is 0 Å². The van der Waals surface area contributed by atoms with Gasteiger partial charge >= 0.3 is 0 Å². The van der Waals surface area contributed by atoms with E-state index < -0.39 is 23.0 Å². The Kier molecular flexibility index (Phi) is 2.84. The van der Waals surface area contributed by atoms with Gasteiger partial charge in [0.2, 0.25) is 0 Å². The molecule has 0 aliphatic carbocycles. The van der Waals surface area contributed by atoms with Crippen LogP contribution in [0.1, 0.15) is 5.56 Å². The molecule has 13 heavy (non-hydrogen) atoms. The van der Waals surface area contributed by atoms with Crippen LogP contribution in [0, 0.1) is 17.5 Å². The normalized spacial score (nSPS) is 10.7. The number of hydrogen-bond acceptors (Lipinski definition) is 1. The van der Waals surface area contributed by atoms with Crippen molar-refractivity contribution in [3.8, 4) is 0 Å². The zero-order valence-corrected chi connectivity index (χ0v) is 6.43. The maximum Gasteiger partial charge on any atom is 0.168 e. The van der Waals surface area contributed by atoms with Gasteiger partial charge in [0.05, 0.1) is 0 Å². The molecule has 0 atom stereocenters. The molecule has 0 radical (unpaired) electrons. The molecule has 0 amide bonds. The third-order valence-corrected chi connectivity index (χ3v) is 1.42. The third-order valence-electron chi connectivity index (χ3n) is 1.42. The molecule has 0 spiro atoms. The van der Waals surface area contributed by atoms with E-state index in [2.05, 4.69) is 0 Å². The molecule has 0 aliphatic rings. The minimum atomic E-state index is -1.29. The molecule has 0 fully saturated rings. The van der Waals surface area contributed by atoms with Crippen molar-refractivity contribution in [2.75, 3.05) is 0 Å². The summed E-state index contributed by atoms with van der Waals surface area (Å²) in [5.41, 5.74) is -0.549. The minimum absolute atomic E-state index is 0.351. The Balaban J connectivity index is 3.25. The van der Waals surface area contributed by atoms with Gasteiger partial charge in [0.1, 0.15) is 12.1 Å². The van der Waals surface area contributed by atoms with Crippen LogP contribution in [0.2, 0.25) is 0 Å². The summed E-state index contributed by atoms with van der Waals surface area (Å²) in [6.07, 6.45) is 2.12. The van der Waals surface area contributed by atoms with Crippen LogP contribution in [0.15, 0.2) is 18.2 Å². The summed E-state index contributed by atoms with van der Waals surface area (Å²) >= 11 is 0. The Morgan fingerprint density at radius 2 is 1.69 bits per heavy atom. The lowest BCUT2D eigenvalue weighted by Gasteiger charge is -1.98. The van der Waals surface area contributed by atoms with E-state index in [4.69, 9.17) is 0 Å². The highest BCUT2D eigenvalue weighted by Crippen LogP contribution is 2.16. The second kappa shape index (κ2) is 3.89. The third kappa shape index (κ3) is 1.96. The molecular formula is C9H5F3O. The fraction of sp³-hybridized carbons (Fsp3) is 0. The number of benzene rings is 1. The van der Waals surface area contributed by atoms with Gasteiger partial charge in [-0.3, -0.25) is 4.79 Å². The summed E-state index contributed by atoms with van der Waals surface area (Å²) in [6, 6.07) is 1.48. The Labute approximate surface area is 72.5 Å². The average molecular weight is 186 g/mol. The number of aldehydes is 1. The molecule has 0 aromatic heterocycles. The lowest BCUT2D eigenvalue weighted by atomic mass is 10.2. The SMILES string of the molecule is O=CC=Cc1c(F)ccc(F)c1F. The van der Waals surface area contributed by atoms with Gasteiger partial charge in [-0.05, 0) is 24.3 Å². The van der Waals surface area contributed by atoms with Crippen molar-refractivity contribution in [3.05, 3.63) is 41.2 Å². The van der Waals surface area contributed by atoms with Gasteiger partial charge in [0, 0.05) is 5.56 Å². The molecule has 1 aromatic rings. The van der Waals surface area contributed by atoms with E-state index in [9.17, 15) is 18.0 Å². The Bertz CT molecular complexity index is 358. The summed E-state index contributed by atoms with van der Waals surface area (Å²) in [5, 5.41) is 0. The van der Waals surface area contributed by atoms with Crippen LogP contribution in [-0.2, 0) is 4.79 Å². The predicted molar refractivity (Wildman–Crippen MR) is 41.4 cm³/mol. The van der Waals surface area contributed by atoms with Crippen LogP contribution in [-0.4, -0.2) is 6.29 Å². The average Bonchev–Trinajstić information content (AvgIpc) is 2.12. The standard InChI is InChI=1S/C9H5F3O/c10-7-3-4-8(11)9(12)6(7)2-1-5-13/h1-5H. The van der Waals surface area contributed by atoms with E-state index in [-0.39, 0.29) is 0 Å². The van der Waals surface area contributed by atoms with Crippen LogP contribution in [0.5, 0.6) is 0 Å². The summed E-state index contributed by atoms with van der Waals surface area (Å²) in [7, 11) is 0. The molecule has 0 saturated heterocycles. The first-order valence-electron chi connectivity index (χ1n) is 3.42. The van der Waals surface area contributed by atoms with Crippen LogP contribution in [0.25, 0.3) is 6.08 Å². The molecule has 0 N–H and O–H groups in total. The summed E-state index contributed by atoms with van der Waals surface area (Å²) in [6.45, 7) is 0. The zero-order valence-electron chi connectivity index (χ0n) is 6.43. The highest BCUT2D eigenvalue weighted by atomic mass is 19.2. The Hall–Kier alpha value is -1.58. The van der Waals surface area contributed by atoms with Gasteiger partial charge in [0.25, 0.3) is 0 Å². The van der Waals surface area contributed by atoms with E-state index in [0.29, 0.717) is 12.4 Å². The molecule has 4 heteroatoms. The first-order chi connectivity index (χ1) is 6.16. The lowest BCUT2D eigenvalue weighted by Crippen LogP contribution is -1.92. The number of halogens is 3. The van der Waals surface area contributed by atoms with E-state index in [1.165, 1.54) is 0 Å². The van der Waals surface area contributed by atoms with Gasteiger partial charge in [0.15, 0.2) is 11.6 Å². The largest absolute Gasteiger partial charge is 0.299 e. The molecule has 1 nitrogen and oxygen atoms in total. The van der Waals surface area contributed by atoms with Crippen molar-refractivity contribution in [1.29, 1.82) is 0 Å². The fourth-order valence-corrected chi connectivity index (χ4v) is 0.831. The van der Waals surface area contributed by atoms with Crippen LogP contribution in [0.4, 0.5) is 13.2 Å². The molecule has 68 valence electrons. The molecule has 0 heterocycles. The van der Waals surface area contributed by atoms with Crippen molar-refractivity contribution in [1.82, 2.24) is 0 Å². The van der Waals surface area contributed by atoms with Gasteiger partial charge in [-0.1, -0.05) is 0 Å². The number of rotatable bonds is 2. The number of allylic oxidation sites excluding steroid dienone is 1. The Morgan fingerprint density at radius 3 is 2.31 bits per heavy atom. The second-order valence-corrected chi connectivity index (χ2v) is 2.25. The van der Waals surface area contributed by atoms with Crippen LogP contribution in [0.3, 0.4) is 0 Å². The first-order valence-corrected chi connectivity index (χ1v) is 3.42. The Morgan fingerprint density at radius 1 is 1.08 bits per heavy atom. The molecule has 0 aliphatic heterocycles. The molecular weight excluding hydrogens is 181 g/mol. The van der Waals surface area contributed by atoms with Gasteiger partial charge in [-0.2, -0.15) is 0 Å². The van der Waals surface area contributed by atoms with Crippen LogP contribution >= 0.6 is 0 Å². The maximum absolute atomic E-state index is 12.8. The first kappa shape index (κ1) is 9.51. The fourth-order valence-electron chi connectivity index (χ4n) is 0.831. The van der Waals surface area contributed by atoms with Gasteiger partial charge < -0.3 is 0 Å². The second-order valence-electron chi connectivity index (χ2n) is 2.25. The quantitative estimate of drug-likeness (QED) is 0.393. The monoisotopic (exact) mass is 186 g/mol. The zero-order chi connectivity index (χ0) is 9.84. The molecule has 1 aromatic carbocycles. The summed E-state index contributed by atoms with van der Waals surface area (Å²) < 4.78 is 38.1. The number of carbonyl (C=O) groups is 1. The van der Waals surface area contributed by atoms with E-state index >= 15 is 0 Å². The highest BCUT2D eigenvalue weighted by Gasteiger charge is 2.10. The van der Waals surface area contributed by atoms with E-state index in [1.807, 2.05) is 0 Å². The van der Waals surface area contributed by atoms with Gasteiger partial charge in [-0.25, -0.2) is 13.2 Å². The molecule has 0 bridgehead atoms. The number of hydrogen-bond donors (Lipinski definition) is 0. The van der Waals surface area contributed by atoms with Crippen molar-refractivity contribution in [2.45, 2.75) is 0 Å². The smallest absolute Gasteiger partial charge is 0.168 e. The summed E-state index contributed by atoms with van der Waals surface area (Å²) in [5.74, 6) is -3.35. The molecule has 0 saturated carbocycles. The minimum Gasteiger partial charge on any atom is -0.299 e.